The fourth-order valence-electron chi connectivity index (χ4n) is 1.23. The monoisotopic (exact) mass is 233 g/mol. The molecule has 0 amide bonds. The summed E-state index contributed by atoms with van der Waals surface area (Å²) in [6.07, 6.45) is -4.25. The molecule has 0 aliphatic rings. The van der Waals surface area contributed by atoms with Gasteiger partial charge in [-0.25, -0.2) is 0 Å². The Bertz CT molecular complexity index is 319. The van der Waals surface area contributed by atoms with Gasteiger partial charge in [-0.1, -0.05) is 13.8 Å². The van der Waals surface area contributed by atoms with Crippen molar-refractivity contribution in [3.8, 4) is 0 Å². The van der Waals surface area contributed by atoms with Crippen LogP contribution < -0.4 is 5.32 Å². The van der Waals surface area contributed by atoms with E-state index in [9.17, 15) is 13.2 Å². The number of aryl methyl sites for hydroxylation is 1. The molecule has 1 rings (SSSR count). The molecule has 0 spiro atoms. The van der Waals surface area contributed by atoms with Crippen molar-refractivity contribution in [1.82, 2.24) is 0 Å². The largest absolute Gasteiger partial charge is 0.416 e. The van der Waals surface area contributed by atoms with Crippen molar-refractivity contribution in [1.29, 1.82) is 0 Å². The van der Waals surface area contributed by atoms with Crippen molar-refractivity contribution in [2.75, 3.05) is 11.9 Å². The van der Waals surface area contributed by atoms with Crippen molar-refractivity contribution in [3.63, 3.8) is 0 Å². The lowest BCUT2D eigenvalue weighted by Crippen LogP contribution is -2.06. The molecule has 4 heteroatoms. The second-order valence-electron chi connectivity index (χ2n) is 3.06. The van der Waals surface area contributed by atoms with Crippen LogP contribution in [-0.2, 0) is 6.18 Å². The molecular weight excluding hydrogens is 215 g/mol. The highest BCUT2D eigenvalue weighted by Crippen LogP contribution is 2.31. The van der Waals surface area contributed by atoms with Gasteiger partial charge in [-0.05, 0) is 37.6 Å². The third-order valence-corrected chi connectivity index (χ3v) is 1.92. The first-order chi connectivity index (χ1) is 7.45. The van der Waals surface area contributed by atoms with E-state index in [0.29, 0.717) is 12.1 Å². The minimum Gasteiger partial charge on any atom is -0.385 e. The van der Waals surface area contributed by atoms with Crippen molar-refractivity contribution in [3.05, 3.63) is 29.3 Å². The molecule has 92 valence electrons. The van der Waals surface area contributed by atoms with Crippen LogP contribution in [0.1, 0.15) is 31.9 Å². The van der Waals surface area contributed by atoms with Crippen LogP contribution in [0.5, 0.6) is 0 Å². The summed E-state index contributed by atoms with van der Waals surface area (Å²) >= 11 is 0. The molecule has 1 aromatic rings. The van der Waals surface area contributed by atoms with Gasteiger partial charge in [0, 0.05) is 12.2 Å². The molecule has 0 unspecified atom stereocenters. The van der Waals surface area contributed by atoms with Gasteiger partial charge in [0.05, 0.1) is 5.56 Å². The van der Waals surface area contributed by atoms with Gasteiger partial charge in [0.15, 0.2) is 0 Å². The number of nitrogens with one attached hydrogen (secondary N) is 1. The van der Waals surface area contributed by atoms with E-state index in [4.69, 9.17) is 0 Å². The molecule has 0 bridgehead atoms. The smallest absolute Gasteiger partial charge is 0.385 e. The van der Waals surface area contributed by atoms with Crippen molar-refractivity contribution in [2.24, 2.45) is 0 Å². The third-order valence-electron chi connectivity index (χ3n) is 1.92. The second kappa shape index (κ2) is 6.40. The Kier molecular flexibility index (Phi) is 5.93. The minimum absolute atomic E-state index is 0.600. The average molecular weight is 233 g/mol. The highest BCUT2D eigenvalue weighted by molar-refractivity contribution is 5.52. The summed E-state index contributed by atoms with van der Waals surface area (Å²) in [5, 5.41) is 2.99. The fourth-order valence-corrected chi connectivity index (χ4v) is 1.23. The second-order valence-corrected chi connectivity index (χ2v) is 3.06. The molecule has 0 aliphatic heterocycles. The first-order valence-corrected chi connectivity index (χ1v) is 5.37. The summed E-state index contributed by atoms with van der Waals surface area (Å²) < 4.78 is 36.8. The Balaban J connectivity index is 0.00000106. The van der Waals surface area contributed by atoms with Gasteiger partial charge in [-0.3, -0.25) is 0 Å². The van der Waals surface area contributed by atoms with Crippen LogP contribution in [0.3, 0.4) is 0 Å². The zero-order valence-corrected chi connectivity index (χ0v) is 10.1. The number of rotatable bonds is 2. The molecule has 0 heterocycles. The number of anilines is 1. The van der Waals surface area contributed by atoms with E-state index in [0.717, 1.165) is 17.8 Å². The van der Waals surface area contributed by atoms with E-state index in [1.807, 2.05) is 20.8 Å². The van der Waals surface area contributed by atoms with Gasteiger partial charge < -0.3 is 5.32 Å². The van der Waals surface area contributed by atoms with Gasteiger partial charge in [0.2, 0.25) is 0 Å². The predicted octanol–water partition coefficient (Wildman–Crippen LogP) is 4.47. The molecular formula is C12H18F3N. The Hall–Kier alpha value is -1.19. The number of alkyl halides is 3. The van der Waals surface area contributed by atoms with Gasteiger partial charge in [0.25, 0.3) is 0 Å². The average Bonchev–Trinajstić information content (AvgIpc) is 2.23. The van der Waals surface area contributed by atoms with Crippen LogP contribution in [0.2, 0.25) is 0 Å². The molecule has 0 aliphatic carbocycles. The molecule has 0 atom stereocenters. The SMILES string of the molecule is CC.CCNc1ccc(C(F)(F)F)cc1C. The Labute approximate surface area is 94.7 Å². The highest BCUT2D eigenvalue weighted by atomic mass is 19.4. The lowest BCUT2D eigenvalue weighted by molar-refractivity contribution is -0.137. The molecule has 0 radical (unpaired) electrons. The van der Waals surface area contributed by atoms with Crippen LogP contribution in [-0.4, -0.2) is 6.54 Å². The maximum Gasteiger partial charge on any atom is 0.416 e. The molecule has 1 aromatic carbocycles. The van der Waals surface area contributed by atoms with Crippen molar-refractivity contribution < 1.29 is 13.2 Å². The predicted molar refractivity (Wildman–Crippen MR) is 61.7 cm³/mol. The van der Waals surface area contributed by atoms with E-state index >= 15 is 0 Å². The number of hydrogen-bond acceptors (Lipinski definition) is 1. The molecule has 1 N–H and O–H groups in total. The zero-order valence-electron chi connectivity index (χ0n) is 10.1. The quantitative estimate of drug-likeness (QED) is 0.794. The van der Waals surface area contributed by atoms with Crippen LogP contribution in [0, 0.1) is 6.92 Å². The first kappa shape index (κ1) is 14.8. The number of benzene rings is 1. The Morgan fingerprint density at radius 2 is 1.75 bits per heavy atom. The third kappa shape index (κ3) is 4.13. The van der Waals surface area contributed by atoms with E-state index < -0.39 is 11.7 Å². The van der Waals surface area contributed by atoms with Crippen LogP contribution in [0.4, 0.5) is 18.9 Å². The lowest BCUT2D eigenvalue weighted by Gasteiger charge is -2.11. The summed E-state index contributed by atoms with van der Waals surface area (Å²) in [6, 6.07) is 3.70. The van der Waals surface area contributed by atoms with E-state index in [1.54, 1.807) is 6.92 Å². The standard InChI is InChI=1S/C10H12F3N.C2H6/c1-3-14-9-5-4-8(6-7(9)2)10(11,12)13;1-2/h4-6,14H,3H2,1-2H3;1-2H3. The molecule has 0 saturated heterocycles. The summed E-state index contributed by atoms with van der Waals surface area (Å²) in [5.74, 6) is 0. The maximum absolute atomic E-state index is 12.3. The topological polar surface area (TPSA) is 12.0 Å². The number of halogens is 3. The van der Waals surface area contributed by atoms with Gasteiger partial charge in [-0.2, -0.15) is 13.2 Å². The van der Waals surface area contributed by atoms with Crippen LogP contribution in [0.15, 0.2) is 18.2 Å². The summed E-state index contributed by atoms with van der Waals surface area (Å²) in [6.45, 7) is 8.26. The van der Waals surface area contributed by atoms with Crippen molar-refractivity contribution >= 4 is 5.69 Å². The Morgan fingerprint density at radius 3 is 2.12 bits per heavy atom. The summed E-state index contributed by atoms with van der Waals surface area (Å²) in [5.41, 5.74) is 0.763. The summed E-state index contributed by atoms with van der Waals surface area (Å²) in [7, 11) is 0. The normalized spacial score (nSPS) is 10.4. The first-order valence-electron chi connectivity index (χ1n) is 5.37. The molecule has 0 aromatic heterocycles. The molecule has 0 saturated carbocycles. The highest BCUT2D eigenvalue weighted by Gasteiger charge is 2.30. The van der Waals surface area contributed by atoms with Crippen LogP contribution >= 0.6 is 0 Å². The minimum atomic E-state index is -4.25. The zero-order chi connectivity index (χ0) is 12.8. The van der Waals surface area contributed by atoms with Gasteiger partial charge in [-0.15, -0.1) is 0 Å². The maximum atomic E-state index is 12.3. The molecule has 16 heavy (non-hydrogen) atoms. The van der Waals surface area contributed by atoms with E-state index in [2.05, 4.69) is 5.32 Å². The van der Waals surface area contributed by atoms with Crippen LogP contribution in [0.25, 0.3) is 0 Å². The van der Waals surface area contributed by atoms with Crippen molar-refractivity contribution in [2.45, 2.75) is 33.9 Å². The molecule has 1 nitrogen and oxygen atoms in total. The Morgan fingerprint density at radius 1 is 1.19 bits per heavy atom. The van der Waals surface area contributed by atoms with Gasteiger partial charge >= 0.3 is 6.18 Å². The van der Waals surface area contributed by atoms with Gasteiger partial charge in [0.1, 0.15) is 0 Å². The molecule has 0 fully saturated rings. The lowest BCUT2D eigenvalue weighted by atomic mass is 10.1. The fraction of sp³-hybridized carbons (Fsp3) is 0.500. The van der Waals surface area contributed by atoms with E-state index in [-0.39, 0.29) is 0 Å². The van der Waals surface area contributed by atoms with E-state index in [1.165, 1.54) is 6.07 Å². The summed E-state index contributed by atoms with van der Waals surface area (Å²) in [4.78, 5) is 0. The number of hydrogen-bond donors (Lipinski definition) is 1.